The van der Waals surface area contributed by atoms with E-state index < -0.39 is 10.0 Å². The van der Waals surface area contributed by atoms with Gasteiger partial charge in [0.25, 0.3) is 0 Å². The molecule has 0 radical (unpaired) electrons. The predicted molar refractivity (Wildman–Crippen MR) is 87.2 cm³/mol. The van der Waals surface area contributed by atoms with Crippen molar-refractivity contribution in [2.24, 2.45) is 0 Å². The van der Waals surface area contributed by atoms with E-state index in [9.17, 15) is 13.2 Å². The molecule has 1 saturated heterocycles. The zero-order valence-electron chi connectivity index (χ0n) is 13.4. The Morgan fingerprint density at radius 1 is 1.23 bits per heavy atom. The molecule has 1 fully saturated rings. The van der Waals surface area contributed by atoms with Gasteiger partial charge in [0, 0.05) is 32.7 Å². The van der Waals surface area contributed by atoms with Gasteiger partial charge in [0.15, 0.2) is 0 Å². The van der Waals surface area contributed by atoms with Gasteiger partial charge in [0.1, 0.15) is 0 Å². The molecule has 0 spiro atoms. The van der Waals surface area contributed by atoms with E-state index in [1.165, 1.54) is 22.7 Å². The lowest BCUT2D eigenvalue weighted by atomic mass is 9.97. The Kier molecular flexibility index (Phi) is 6.26. The Labute approximate surface area is 133 Å². The van der Waals surface area contributed by atoms with Crippen molar-refractivity contribution >= 4 is 16.1 Å². The summed E-state index contributed by atoms with van der Waals surface area (Å²) in [5.74, 6) is 0.119. The van der Waals surface area contributed by atoms with Crippen LogP contribution in [0.25, 0.3) is 0 Å². The van der Waals surface area contributed by atoms with Crippen LogP contribution in [0.5, 0.6) is 0 Å². The Morgan fingerprint density at radius 2 is 1.95 bits per heavy atom. The number of hydrogen-bond donors (Lipinski definition) is 1. The van der Waals surface area contributed by atoms with E-state index >= 15 is 0 Å². The van der Waals surface area contributed by atoms with Gasteiger partial charge >= 0.3 is 6.03 Å². The summed E-state index contributed by atoms with van der Waals surface area (Å²) in [6, 6.07) is -0.0787. The van der Waals surface area contributed by atoms with Crippen LogP contribution in [0.15, 0.2) is 11.6 Å². The first-order chi connectivity index (χ1) is 10.5. The van der Waals surface area contributed by atoms with E-state index in [4.69, 9.17) is 0 Å². The molecule has 7 heteroatoms. The number of amides is 2. The van der Waals surface area contributed by atoms with E-state index in [-0.39, 0.29) is 11.8 Å². The summed E-state index contributed by atoms with van der Waals surface area (Å²) < 4.78 is 25.0. The fourth-order valence-corrected chi connectivity index (χ4v) is 4.01. The highest BCUT2D eigenvalue weighted by Crippen LogP contribution is 2.19. The van der Waals surface area contributed by atoms with Crippen molar-refractivity contribution in [3.63, 3.8) is 0 Å². The van der Waals surface area contributed by atoms with E-state index in [0.717, 1.165) is 19.3 Å². The summed E-state index contributed by atoms with van der Waals surface area (Å²) in [6.45, 7) is 4.04. The molecule has 126 valence electrons. The lowest BCUT2D eigenvalue weighted by molar-refractivity contribution is 0.172. The van der Waals surface area contributed by atoms with Crippen LogP contribution in [0.1, 0.15) is 39.0 Å². The first kappa shape index (κ1) is 17.3. The maximum absolute atomic E-state index is 12.1. The van der Waals surface area contributed by atoms with E-state index in [0.29, 0.717) is 32.7 Å². The molecule has 2 aliphatic rings. The second kappa shape index (κ2) is 7.97. The highest BCUT2D eigenvalue weighted by molar-refractivity contribution is 7.89. The number of sulfonamides is 1. The van der Waals surface area contributed by atoms with Crippen LogP contribution in [-0.2, 0) is 10.0 Å². The number of carbonyl (C=O) groups is 1. The Bertz CT molecular complexity index is 508. The lowest BCUT2D eigenvalue weighted by Crippen LogP contribution is -2.53. The highest BCUT2D eigenvalue weighted by Gasteiger charge is 2.27. The van der Waals surface area contributed by atoms with Gasteiger partial charge in [0.2, 0.25) is 10.0 Å². The van der Waals surface area contributed by atoms with Crippen LogP contribution >= 0.6 is 0 Å². The van der Waals surface area contributed by atoms with Crippen LogP contribution in [0.2, 0.25) is 0 Å². The fourth-order valence-electron chi connectivity index (χ4n) is 2.93. The molecule has 22 heavy (non-hydrogen) atoms. The molecule has 6 nitrogen and oxygen atoms in total. The molecular weight excluding hydrogens is 302 g/mol. The lowest BCUT2D eigenvalue weighted by Gasteiger charge is -2.33. The number of carbonyl (C=O) groups excluding carboxylic acids is 1. The van der Waals surface area contributed by atoms with Gasteiger partial charge in [0.05, 0.1) is 5.75 Å². The number of nitrogens with zero attached hydrogens (tertiary/aromatic N) is 2. The summed E-state index contributed by atoms with van der Waals surface area (Å²) in [4.78, 5) is 13.8. The number of allylic oxidation sites excluding steroid dienone is 1. The summed E-state index contributed by atoms with van der Waals surface area (Å²) in [7, 11) is -3.13. The number of piperazine rings is 1. The molecule has 1 heterocycles. The third kappa shape index (κ3) is 4.71. The normalized spacial score (nSPS) is 20.6. The number of nitrogens with one attached hydrogen (secondary N) is 1. The number of urea groups is 1. The Morgan fingerprint density at radius 3 is 2.55 bits per heavy atom. The smallest absolute Gasteiger partial charge is 0.317 e. The second-order valence-electron chi connectivity index (χ2n) is 5.88. The minimum atomic E-state index is -3.13. The molecule has 0 saturated carbocycles. The minimum Gasteiger partial charge on any atom is -0.338 e. The maximum atomic E-state index is 12.1. The zero-order chi connectivity index (χ0) is 16.0. The minimum absolute atomic E-state index is 0.0787. The van der Waals surface area contributed by atoms with Crippen molar-refractivity contribution < 1.29 is 13.2 Å². The van der Waals surface area contributed by atoms with Gasteiger partial charge in [-0.1, -0.05) is 11.6 Å². The molecule has 2 rings (SSSR count). The highest BCUT2D eigenvalue weighted by atomic mass is 32.2. The van der Waals surface area contributed by atoms with Crippen LogP contribution < -0.4 is 5.32 Å². The van der Waals surface area contributed by atoms with Crippen molar-refractivity contribution in [2.45, 2.75) is 39.0 Å². The fraction of sp³-hybridized carbons (Fsp3) is 0.800. The molecule has 1 aliphatic carbocycles. The molecule has 0 atom stereocenters. The van der Waals surface area contributed by atoms with Gasteiger partial charge in [-0.3, -0.25) is 0 Å². The first-order valence-electron chi connectivity index (χ1n) is 8.21. The molecule has 1 N–H and O–H groups in total. The third-order valence-corrected chi connectivity index (χ3v) is 6.27. The average molecular weight is 329 g/mol. The summed E-state index contributed by atoms with van der Waals surface area (Å²) in [5, 5.41) is 2.95. The van der Waals surface area contributed by atoms with E-state index in [2.05, 4.69) is 11.4 Å². The molecule has 0 aromatic rings. The third-order valence-electron chi connectivity index (χ3n) is 4.39. The quantitative estimate of drug-likeness (QED) is 0.778. The van der Waals surface area contributed by atoms with E-state index in [1.54, 1.807) is 11.8 Å². The topological polar surface area (TPSA) is 69.7 Å². The van der Waals surface area contributed by atoms with Crippen molar-refractivity contribution in [3.05, 3.63) is 11.6 Å². The largest absolute Gasteiger partial charge is 0.338 e. The standard InChI is InChI=1S/C15H27N3O3S/c1-2-22(20,21)18-12-10-17(11-13-18)15(19)16-9-8-14-6-4-3-5-7-14/h6H,2-5,7-13H2,1H3,(H,16,19). The molecular formula is C15H27N3O3S. The van der Waals surface area contributed by atoms with Gasteiger partial charge in [-0.25, -0.2) is 13.2 Å². The Balaban J connectivity index is 1.70. The summed E-state index contributed by atoms with van der Waals surface area (Å²) in [6.07, 6.45) is 8.08. The van der Waals surface area contributed by atoms with Crippen LogP contribution in [0.3, 0.4) is 0 Å². The van der Waals surface area contributed by atoms with Gasteiger partial charge in [-0.2, -0.15) is 4.31 Å². The monoisotopic (exact) mass is 329 g/mol. The van der Waals surface area contributed by atoms with Crippen molar-refractivity contribution in [1.29, 1.82) is 0 Å². The van der Waals surface area contributed by atoms with E-state index in [1.807, 2.05) is 0 Å². The van der Waals surface area contributed by atoms with Crippen LogP contribution in [-0.4, -0.2) is 62.1 Å². The summed E-state index contributed by atoms with van der Waals surface area (Å²) in [5.41, 5.74) is 1.45. The maximum Gasteiger partial charge on any atom is 0.317 e. The number of rotatable bonds is 5. The molecule has 0 aromatic carbocycles. The van der Waals surface area contributed by atoms with Crippen molar-refractivity contribution in [1.82, 2.24) is 14.5 Å². The van der Waals surface area contributed by atoms with Gasteiger partial charge < -0.3 is 10.2 Å². The Hall–Kier alpha value is -1.08. The predicted octanol–water partition coefficient (Wildman–Crippen LogP) is 1.55. The van der Waals surface area contributed by atoms with Crippen LogP contribution in [0.4, 0.5) is 4.79 Å². The molecule has 0 aromatic heterocycles. The van der Waals surface area contributed by atoms with Crippen molar-refractivity contribution in [3.8, 4) is 0 Å². The van der Waals surface area contributed by atoms with Crippen LogP contribution in [0, 0.1) is 0 Å². The zero-order valence-corrected chi connectivity index (χ0v) is 14.2. The van der Waals surface area contributed by atoms with Crippen molar-refractivity contribution in [2.75, 3.05) is 38.5 Å². The first-order valence-corrected chi connectivity index (χ1v) is 9.82. The average Bonchev–Trinajstić information content (AvgIpc) is 2.56. The number of hydrogen-bond acceptors (Lipinski definition) is 3. The van der Waals surface area contributed by atoms with Gasteiger partial charge in [-0.05, 0) is 39.0 Å². The van der Waals surface area contributed by atoms with Gasteiger partial charge in [-0.15, -0.1) is 0 Å². The second-order valence-corrected chi connectivity index (χ2v) is 8.13. The molecule has 0 bridgehead atoms. The summed E-state index contributed by atoms with van der Waals surface area (Å²) >= 11 is 0. The molecule has 0 unspecified atom stereocenters. The molecule has 2 amide bonds. The SMILES string of the molecule is CCS(=O)(=O)N1CCN(C(=O)NCCC2=CCCCC2)CC1. The molecule has 1 aliphatic heterocycles.